The van der Waals surface area contributed by atoms with E-state index in [1.54, 1.807) is 5.70 Å². The third-order valence-corrected chi connectivity index (χ3v) is 17.1. The third kappa shape index (κ3) is 7.80. The second-order valence-corrected chi connectivity index (χ2v) is 19.8. The molecule has 0 bridgehead atoms. The summed E-state index contributed by atoms with van der Waals surface area (Å²) < 4.78 is 13.5. The maximum atomic E-state index is 9.55. The normalized spacial score (nSPS) is 45.2. The predicted molar refractivity (Wildman–Crippen MR) is 206 cm³/mol. The van der Waals surface area contributed by atoms with Crippen LogP contribution in [0, 0.1) is 58.7 Å². The zero-order valence-corrected chi connectivity index (χ0v) is 32.2. The van der Waals surface area contributed by atoms with Crippen LogP contribution in [0.4, 0.5) is 0 Å². The molecule has 0 amide bonds. The molecule has 0 spiro atoms. The fourth-order valence-corrected chi connectivity index (χ4v) is 14.1. The van der Waals surface area contributed by atoms with Gasteiger partial charge in [-0.2, -0.15) is 5.26 Å². The third-order valence-electron chi connectivity index (χ3n) is 17.1. The second-order valence-electron chi connectivity index (χ2n) is 19.8. The van der Waals surface area contributed by atoms with E-state index in [1.807, 2.05) is 5.57 Å². The summed E-state index contributed by atoms with van der Waals surface area (Å²) in [6, 6.07) is 4.06. The van der Waals surface area contributed by atoms with Gasteiger partial charge in [-0.1, -0.05) is 62.7 Å². The van der Waals surface area contributed by atoms with Crippen molar-refractivity contribution in [2.75, 3.05) is 0 Å². The smallest absolute Gasteiger partial charge is 0.0655 e. The number of ether oxygens (including phenoxy) is 2. The summed E-state index contributed by atoms with van der Waals surface area (Å²) in [6.45, 7) is 0. The molecule has 4 heteroatoms. The molecule has 2 heterocycles. The molecule has 9 aliphatic rings. The van der Waals surface area contributed by atoms with Gasteiger partial charge in [0.15, 0.2) is 0 Å². The molecule has 2 aliphatic heterocycles. The summed E-state index contributed by atoms with van der Waals surface area (Å²) in [5.41, 5.74) is 3.59. The number of allylic oxidation sites excluding steroid dienone is 4. The summed E-state index contributed by atoms with van der Waals surface area (Å²) >= 11 is 0. The van der Waals surface area contributed by atoms with Crippen LogP contribution in [0.5, 0.6) is 0 Å². The molecular formula is C47H72N2O2. The Bertz CT molecular complexity index is 1250. The lowest BCUT2D eigenvalue weighted by atomic mass is 9.72. The highest BCUT2D eigenvalue weighted by Gasteiger charge is 2.45. The maximum Gasteiger partial charge on any atom is 0.0655 e. The van der Waals surface area contributed by atoms with Crippen LogP contribution in [0.1, 0.15) is 180 Å². The Morgan fingerprint density at radius 1 is 0.490 bits per heavy atom. The highest BCUT2D eigenvalue weighted by molar-refractivity contribution is 5.15. The van der Waals surface area contributed by atoms with Crippen molar-refractivity contribution in [3.63, 3.8) is 0 Å². The summed E-state index contributed by atoms with van der Waals surface area (Å²) in [7, 11) is 0. The Labute approximate surface area is 311 Å². The van der Waals surface area contributed by atoms with Gasteiger partial charge in [-0.25, -0.2) is 0 Å². The van der Waals surface area contributed by atoms with Crippen LogP contribution in [-0.4, -0.2) is 41.4 Å². The first-order valence-electron chi connectivity index (χ1n) is 23.0. The molecule has 0 N–H and O–H groups in total. The van der Waals surface area contributed by atoms with Gasteiger partial charge in [0.25, 0.3) is 0 Å². The fourth-order valence-electron chi connectivity index (χ4n) is 14.1. The number of hydrogen-bond acceptors (Lipinski definition) is 4. The molecule has 0 aromatic heterocycles. The van der Waals surface area contributed by atoms with Crippen LogP contribution < -0.4 is 0 Å². The van der Waals surface area contributed by atoms with E-state index in [1.165, 1.54) is 161 Å². The van der Waals surface area contributed by atoms with Crippen LogP contribution in [0.3, 0.4) is 0 Å². The van der Waals surface area contributed by atoms with Crippen molar-refractivity contribution in [3.05, 3.63) is 23.4 Å². The highest BCUT2D eigenvalue weighted by atomic mass is 16.5. The van der Waals surface area contributed by atoms with E-state index in [2.05, 4.69) is 23.1 Å². The van der Waals surface area contributed by atoms with Crippen LogP contribution in [-0.2, 0) is 9.47 Å². The van der Waals surface area contributed by atoms with Crippen molar-refractivity contribution in [2.24, 2.45) is 47.3 Å². The van der Waals surface area contributed by atoms with E-state index in [-0.39, 0.29) is 5.92 Å². The minimum Gasteiger partial charge on any atom is -0.374 e. The molecule has 9 rings (SSSR count). The van der Waals surface area contributed by atoms with E-state index in [0.717, 1.165) is 66.9 Å². The van der Waals surface area contributed by atoms with Crippen molar-refractivity contribution < 1.29 is 9.47 Å². The summed E-state index contributed by atoms with van der Waals surface area (Å²) in [5, 5.41) is 9.55. The highest BCUT2D eigenvalue weighted by Crippen LogP contribution is 2.49. The molecule has 9 unspecified atom stereocenters. The van der Waals surface area contributed by atoms with Crippen molar-refractivity contribution in [1.82, 2.24) is 4.90 Å². The lowest BCUT2D eigenvalue weighted by molar-refractivity contribution is -0.0258. The number of rotatable bonds is 7. The number of hydrogen-bond donors (Lipinski definition) is 0. The molecule has 51 heavy (non-hydrogen) atoms. The van der Waals surface area contributed by atoms with E-state index in [0.29, 0.717) is 30.3 Å². The minimum atomic E-state index is 0.275. The van der Waals surface area contributed by atoms with Gasteiger partial charge in [0.1, 0.15) is 0 Å². The summed E-state index contributed by atoms with van der Waals surface area (Å²) in [4.78, 5) is 3.10. The van der Waals surface area contributed by atoms with E-state index in [9.17, 15) is 5.26 Å². The Morgan fingerprint density at radius 3 is 1.84 bits per heavy atom. The quantitative estimate of drug-likeness (QED) is 0.249. The zero-order valence-electron chi connectivity index (χ0n) is 32.2. The van der Waals surface area contributed by atoms with Gasteiger partial charge in [0.05, 0.1) is 30.5 Å². The molecule has 0 aromatic carbocycles. The molecule has 0 aromatic rings. The first kappa shape index (κ1) is 35.4. The first-order chi connectivity index (χ1) is 25.2. The average Bonchev–Trinajstić information content (AvgIpc) is 3.84. The molecule has 4 nitrogen and oxygen atoms in total. The lowest BCUT2D eigenvalue weighted by Gasteiger charge is -2.48. The van der Waals surface area contributed by atoms with Gasteiger partial charge < -0.3 is 14.4 Å². The molecule has 7 fully saturated rings. The number of fused-ring (bicyclic) bond motifs is 2. The summed E-state index contributed by atoms with van der Waals surface area (Å²) in [6.07, 6.45) is 45.6. The van der Waals surface area contributed by atoms with Crippen molar-refractivity contribution in [1.29, 1.82) is 5.26 Å². The zero-order chi connectivity index (χ0) is 34.1. The van der Waals surface area contributed by atoms with E-state index >= 15 is 0 Å². The monoisotopic (exact) mass is 697 g/mol. The van der Waals surface area contributed by atoms with Gasteiger partial charge in [-0.15, -0.1) is 0 Å². The average molecular weight is 697 g/mol. The summed E-state index contributed by atoms with van der Waals surface area (Å²) in [5.74, 6) is 6.11. The van der Waals surface area contributed by atoms with Gasteiger partial charge in [-0.05, 0) is 176 Å². The van der Waals surface area contributed by atoms with Crippen LogP contribution in [0.15, 0.2) is 23.4 Å². The van der Waals surface area contributed by atoms with Gasteiger partial charge >= 0.3 is 0 Å². The Balaban J connectivity index is 0.821. The molecular weight excluding hydrogens is 625 g/mol. The van der Waals surface area contributed by atoms with Crippen LogP contribution in [0.2, 0.25) is 0 Å². The van der Waals surface area contributed by atoms with Crippen LogP contribution >= 0.6 is 0 Å². The Hall–Kier alpha value is -1.31. The standard InChI is InChI=1S/C47H72N2O2/c48-31-32-10-27-45-40(28-32)30-47(51-45)38-19-25-43(26-20-38)49(41-21-15-35(16-22-41)33-6-2-1-3-7-33)42-23-17-36(18-24-42)34-11-13-37(14-12-34)46-29-39-8-4-5-9-44(39)50-46/h11,21,32-33,35-40,42-47H,1-10,12-20,22-30H2. The maximum absolute atomic E-state index is 9.55. The molecule has 5 saturated carbocycles. The second kappa shape index (κ2) is 16.2. The first-order valence-corrected chi connectivity index (χ1v) is 23.0. The van der Waals surface area contributed by atoms with Crippen molar-refractivity contribution >= 4 is 0 Å². The number of nitriles is 1. The van der Waals surface area contributed by atoms with E-state index < -0.39 is 0 Å². The van der Waals surface area contributed by atoms with Gasteiger partial charge in [0, 0.05) is 23.7 Å². The SMILES string of the molecule is N#CC1CCC2OC(C3CCC(N(C4=CCC(C5CCCCC5)CC4)C4CCC(C5=CCC(C6CC7CCCCC7O6)CC5)CC4)CC3)CC2C1. The molecule has 282 valence electrons. The molecule has 0 radical (unpaired) electrons. The topological polar surface area (TPSA) is 45.5 Å². The molecule has 2 saturated heterocycles. The van der Waals surface area contributed by atoms with E-state index in [4.69, 9.17) is 9.47 Å². The fraction of sp³-hybridized carbons (Fsp3) is 0.894. The number of nitrogens with zero attached hydrogens (tertiary/aromatic N) is 2. The predicted octanol–water partition coefficient (Wildman–Crippen LogP) is 11.8. The van der Waals surface area contributed by atoms with Gasteiger partial charge in [0.2, 0.25) is 0 Å². The Morgan fingerprint density at radius 2 is 1.14 bits per heavy atom. The molecule has 9 atom stereocenters. The van der Waals surface area contributed by atoms with Gasteiger partial charge in [-0.3, -0.25) is 0 Å². The lowest BCUT2D eigenvalue weighted by Crippen LogP contribution is -2.47. The molecule has 7 aliphatic carbocycles. The Kier molecular flexibility index (Phi) is 11.2. The largest absolute Gasteiger partial charge is 0.374 e. The van der Waals surface area contributed by atoms with Crippen molar-refractivity contribution in [2.45, 2.75) is 216 Å². The van der Waals surface area contributed by atoms with Crippen LogP contribution in [0.25, 0.3) is 0 Å². The van der Waals surface area contributed by atoms with Crippen molar-refractivity contribution in [3.8, 4) is 6.07 Å². The minimum absolute atomic E-state index is 0.275.